The number of hydrogen-bond donors (Lipinski definition) is 0. The lowest BCUT2D eigenvalue weighted by molar-refractivity contribution is 0.150. The van der Waals surface area contributed by atoms with Crippen LogP contribution < -0.4 is 0 Å². The first kappa shape index (κ1) is 8.62. The monoisotopic (exact) mass is 198 g/mol. The molecule has 4 nitrogen and oxygen atoms in total. The lowest BCUT2D eigenvalue weighted by atomic mass is 10.3. The molecule has 0 saturated carbocycles. The van der Waals surface area contributed by atoms with Gasteiger partial charge < -0.3 is 4.74 Å². The molecule has 1 aliphatic rings. The average Bonchev–Trinajstić information content (AvgIpc) is 2.61. The van der Waals surface area contributed by atoms with Crippen molar-refractivity contribution in [3.63, 3.8) is 0 Å². The minimum atomic E-state index is -0.387. The van der Waals surface area contributed by atoms with Crippen molar-refractivity contribution in [3.8, 4) is 0 Å². The van der Waals surface area contributed by atoms with Gasteiger partial charge in [0.2, 0.25) is 0 Å². The van der Waals surface area contributed by atoms with Gasteiger partial charge in [-0.15, -0.1) is 0 Å². The van der Waals surface area contributed by atoms with Crippen LogP contribution in [0.15, 0.2) is 6.20 Å². The van der Waals surface area contributed by atoms with Gasteiger partial charge in [-0.1, -0.05) is 0 Å². The van der Waals surface area contributed by atoms with Crippen LogP contribution in [0.5, 0.6) is 0 Å². The van der Waals surface area contributed by atoms with Gasteiger partial charge in [0.1, 0.15) is 0 Å². The van der Waals surface area contributed by atoms with Crippen LogP contribution in [0.2, 0.25) is 0 Å². The normalized spacial score (nSPS) is 14.2. The van der Waals surface area contributed by atoms with Gasteiger partial charge in [0.05, 0.1) is 12.3 Å². The molecule has 5 heteroatoms. The largest absolute Gasteiger partial charge is 0.448 e. The summed E-state index contributed by atoms with van der Waals surface area (Å²) in [7, 11) is 0. The van der Waals surface area contributed by atoms with Crippen LogP contribution in [0, 0.1) is 0 Å². The van der Waals surface area contributed by atoms with E-state index in [-0.39, 0.29) is 6.09 Å². The number of rotatable bonds is 1. The first-order chi connectivity index (χ1) is 6.31. The summed E-state index contributed by atoms with van der Waals surface area (Å²) in [6.07, 6.45) is 1.37. The molecule has 0 amide bonds. The van der Waals surface area contributed by atoms with Gasteiger partial charge in [-0.05, 0) is 6.92 Å². The molecule has 0 atom stereocenters. The van der Waals surface area contributed by atoms with Crippen molar-refractivity contribution in [1.82, 2.24) is 9.78 Å². The van der Waals surface area contributed by atoms with Crippen molar-refractivity contribution in [2.45, 2.75) is 18.4 Å². The molecule has 0 unspecified atom stereocenters. The summed E-state index contributed by atoms with van der Waals surface area (Å²) >= 11 is 1.82. The molecule has 0 N–H and O–H groups in total. The smallest absolute Gasteiger partial charge is 0.434 e. The third-order valence-electron chi connectivity index (χ3n) is 1.83. The second kappa shape index (κ2) is 3.41. The van der Waals surface area contributed by atoms with Crippen molar-refractivity contribution >= 4 is 17.9 Å². The number of fused-ring (bicyclic) bond motifs is 1. The van der Waals surface area contributed by atoms with Gasteiger partial charge in [0, 0.05) is 23.3 Å². The fourth-order valence-electron chi connectivity index (χ4n) is 1.23. The van der Waals surface area contributed by atoms with Crippen LogP contribution in [-0.2, 0) is 16.2 Å². The zero-order valence-electron chi connectivity index (χ0n) is 7.32. The van der Waals surface area contributed by atoms with Crippen LogP contribution in [-0.4, -0.2) is 22.5 Å². The van der Waals surface area contributed by atoms with Gasteiger partial charge in [0.15, 0.2) is 0 Å². The summed E-state index contributed by atoms with van der Waals surface area (Å²) in [6, 6.07) is 0. The summed E-state index contributed by atoms with van der Waals surface area (Å²) in [5, 5.41) is 4.13. The highest BCUT2D eigenvalue weighted by Gasteiger charge is 2.18. The Morgan fingerprint density at radius 1 is 1.77 bits per heavy atom. The van der Waals surface area contributed by atoms with Crippen LogP contribution in [0.4, 0.5) is 4.79 Å². The molecule has 1 aromatic heterocycles. The SMILES string of the molecule is CCOC(=O)n1cc2c(n1)CSC2. The maximum absolute atomic E-state index is 11.2. The van der Waals surface area contributed by atoms with E-state index in [2.05, 4.69) is 5.10 Å². The van der Waals surface area contributed by atoms with Gasteiger partial charge in [-0.3, -0.25) is 0 Å². The highest BCUT2D eigenvalue weighted by Crippen LogP contribution is 2.28. The summed E-state index contributed by atoms with van der Waals surface area (Å²) < 4.78 is 6.11. The number of nitrogens with zero attached hydrogens (tertiary/aromatic N) is 2. The van der Waals surface area contributed by atoms with E-state index in [4.69, 9.17) is 4.74 Å². The summed E-state index contributed by atoms with van der Waals surface area (Å²) in [6.45, 7) is 2.17. The number of aromatic nitrogens is 2. The first-order valence-corrected chi connectivity index (χ1v) is 5.29. The van der Waals surface area contributed by atoms with E-state index in [9.17, 15) is 4.79 Å². The molecule has 0 saturated heterocycles. The predicted molar refractivity (Wildman–Crippen MR) is 49.6 cm³/mol. The van der Waals surface area contributed by atoms with Gasteiger partial charge in [-0.2, -0.15) is 21.5 Å². The van der Waals surface area contributed by atoms with Crippen LogP contribution in [0.1, 0.15) is 18.2 Å². The Hall–Kier alpha value is -0.970. The zero-order valence-corrected chi connectivity index (χ0v) is 8.13. The van der Waals surface area contributed by atoms with Crippen molar-refractivity contribution in [2.75, 3.05) is 6.61 Å². The molecule has 0 aliphatic carbocycles. The molecule has 13 heavy (non-hydrogen) atoms. The van der Waals surface area contributed by atoms with E-state index < -0.39 is 0 Å². The summed E-state index contributed by atoms with van der Waals surface area (Å²) in [4.78, 5) is 11.2. The number of ether oxygens (including phenoxy) is 1. The second-order valence-electron chi connectivity index (χ2n) is 2.74. The molecule has 70 valence electrons. The van der Waals surface area contributed by atoms with Crippen molar-refractivity contribution in [2.24, 2.45) is 0 Å². The van der Waals surface area contributed by atoms with Crippen LogP contribution in [0.3, 0.4) is 0 Å². The van der Waals surface area contributed by atoms with E-state index in [1.807, 2.05) is 11.8 Å². The summed E-state index contributed by atoms with van der Waals surface area (Å²) in [5.41, 5.74) is 2.16. The quantitative estimate of drug-likeness (QED) is 0.688. The number of thioether (sulfide) groups is 1. The molecule has 2 heterocycles. The number of carbonyl (C=O) groups is 1. The van der Waals surface area contributed by atoms with Crippen LogP contribution in [0.25, 0.3) is 0 Å². The molecule has 0 radical (unpaired) electrons. The number of hydrogen-bond acceptors (Lipinski definition) is 4. The van der Waals surface area contributed by atoms with E-state index >= 15 is 0 Å². The third-order valence-corrected chi connectivity index (χ3v) is 2.82. The standard InChI is InChI=1S/C8H10N2O2S/c1-2-12-8(11)10-3-6-4-13-5-7(6)9-10/h3H,2,4-5H2,1H3. The molecule has 0 aromatic carbocycles. The van der Waals surface area contributed by atoms with Crippen LogP contribution >= 0.6 is 11.8 Å². The van der Waals surface area contributed by atoms with Crippen molar-refractivity contribution < 1.29 is 9.53 Å². The molecular formula is C8H10N2O2S. The minimum absolute atomic E-state index is 0.387. The van der Waals surface area contributed by atoms with E-state index in [0.29, 0.717) is 6.61 Å². The fraction of sp³-hybridized carbons (Fsp3) is 0.500. The molecule has 1 aliphatic heterocycles. The maximum Gasteiger partial charge on any atom is 0.434 e. The Morgan fingerprint density at radius 3 is 3.31 bits per heavy atom. The Morgan fingerprint density at radius 2 is 2.62 bits per heavy atom. The summed E-state index contributed by atoms with van der Waals surface area (Å²) in [5.74, 6) is 1.86. The highest BCUT2D eigenvalue weighted by atomic mass is 32.2. The molecule has 1 aromatic rings. The lowest BCUT2D eigenvalue weighted by Crippen LogP contribution is -2.14. The minimum Gasteiger partial charge on any atom is -0.448 e. The van der Waals surface area contributed by atoms with Gasteiger partial charge in [0.25, 0.3) is 0 Å². The molecular weight excluding hydrogens is 188 g/mol. The van der Waals surface area contributed by atoms with Crippen molar-refractivity contribution in [1.29, 1.82) is 0 Å². The van der Waals surface area contributed by atoms with E-state index in [1.54, 1.807) is 13.1 Å². The Kier molecular flexibility index (Phi) is 2.26. The Labute approximate surface area is 80.3 Å². The molecule has 0 spiro atoms. The lowest BCUT2D eigenvalue weighted by Gasteiger charge is -1.99. The fourth-order valence-corrected chi connectivity index (χ4v) is 2.23. The molecule has 0 bridgehead atoms. The van der Waals surface area contributed by atoms with E-state index in [0.717, 1.165) is 22.8 Å². The molecule has 0 fully saturated rings. The predicted octanol–water partition coefficient (Wildman–Crippen LogP) is 1.63. The highest BCUT2D eigenvalue weighted by molar-refractivity contribution is 7.98. The third kappa shape index (κ3) is 1.56. The molecule has 2 rings (SSSR count). The Balaban J connectivity index is 2.18. The second-order valence-corrected chi connectivity index (χ2v) is 3.72. The zero-order chi connectivity index (χ0) is 9.26. The maximum atomic E-state index is 11.2. The Bertz CT molecular complexity index is 313. The van der Waals surface area contributed by atoms with Gasteiger partial charge >= 0.3 is 6.09 Å². The number of carbonyl (C=O) groups excluding carboxylic acids is 1. The van der Waals surface area contributed by atoms with E-state index in [1.165, 1.54) is 4.68 Å². The average molecular weight is 198 g/mol. The first-order valence-electron chi connectivity index (χ1n) is 4.13. The van der Waals surface area contributed by atoms with Gasteiger partial charge in [-0.25, -0.2) is 4.79 Å². The van der Waals surface area contributed by atoms with Crippen molar-refractivity contribution in [3.05, 3.63) is 17.5 Å². The topological polar surface area (TPSA) is 44.1 Å².